The highest BCUT2D eigenvalue weighted by atomic mass is 35.5. The lowest BCUT2D eigenvalue weighted by molar-refractivity contribution is 0.281. The van der Waals surface area contributed by atoms with Gasteiger partial charge in [0.2, 0.25) is 0 Å². The molecule has 0 fully saturated rings. The second-order valence-corrected chi connectivity index (χ2v) is 6.41. The Morgan fingerprint density at radius 2 is 1.65 bits per heavy atom. The van der Waals surface area contributed by atoms with Gasteiger partial charge in [0.15, 0.2) is 5.76 Å². The Morgan fingerprint density at radius 1 is 0.913 bits per heavy atom. The van der Waals surface area contributed by atoms with Crippen LogP contribution in [0, 0.1) is 0 Å². The van der Waals surface area contributed by atoms with Gasteiger partial charge in [0.25, 0.3) is 0 Å². The molecule has 23 heavy (non-hydrogen) atoms. The Morgan fingerprint density at radius 3 is 2.35 bits per heavy atom. The van der Waals surface area contributed by atoms with Gasteiger partial charge in [-0.2, -0.15) is 0 Å². The maximum Gasteiger partial charge on any atom is 0.174 e. The third kappa shape index (κ3) is 3.21. The van der Waals surface area contributed by atoms with Gasteiger partial charge in [-0.05, 0) is 30.3 Å². The molecule has 7 heteroatoms. The van der Waals surface area contributed by atoms with Crippen molar-refractivity contribution in [2.45, 2.75) is 6.61 Å². The summed E-state index contributed by atoms with van der Waals surface area (Å²) in [6, 6.07) is 10.0. The summed E-state index contributed by atoms with van der Waals surface area (Å²) in [6.07, 6.45) is 0. The molecular weight excluding hydrogens is 380 g/mol. The first-order valence-corrected chi connectivity index (χ1v) is 8.02. The molecule has 1 N–H and O–H groups in total. The summed E-state index contributed by atoms with van der Waals surface area (Å²) in [5, 5.41) is 15.6. The summed E-state index contributed by atoms with van der Waals surface area (Å²) in [5.41, 5.74) is 2.20. The molecule has 0 amide bonds. The molecule has 0 unspecified atom stereocenters. The van der Waals surface area contributed by atoms with E-state index in [0.29, 0.717) is 48.2 Å². The first-order valence-electron chi connectivity index (χ1n) is 6.51. The average Bonchev–Trinajstić information content (AvgIpc) is 2.96. The van der Waals surface area contributed by atoms with Gasteiger partial charge in [0.1, 0.15) is 5.69 Å². The zero-order valence-corrected chi connectivity index (χ0v) is 14.5. The van der Waals surface area contributed by atoms with Crippen LogP contribution >= 0.6 is 46.4 Å². The molecule has 118 valence electrons. The SMILES string of the molecule is OCc1c(-c2ccc(Cl)c(Cl)c2)noc1-c1cc(Cl)ccc1Cl. The van der Waals surface area contributed by atoms with Crippen LogP contribution in [-0.4, -0.2) is 10.3 Å². The fourth-order valence-electron chi connectivity index (χ4n) is 2.21. The Kier molecular flexibility index (Phi) is 4.85. The minimum atomic E-state index is -0.281. The number of rotatable bonds is 3. The second-order valence-electron chi connectivity index (χ2n) is 4.75. The Hall–Kier alpha value is -1.23. The van der Waals surface area contributed by atoms with Crippen molar-refractivity contribution in [1.82, 2.24) is 5.16 Å². The van der Waals surface area contributed by atoms with Crippen LogP contribution in [0.4, 0.5) is 0 Å². The summed E-state index contributed by atoms with van der Waals surface area (Å²) in [7, 11) is 0. The summed E-state index contributed by atoms with van der Waals surface area (Å²) < 4.78 is 5.40. The van der Waals surface area contributed by atoms with Crippen LogP contribution in [0.3, 0.4) is 0 Å². The number of aromatic nitrogens is 1. The van der Waals surface area contributed by atoms with E-state index in [2.05, 4.69) is 5.16 Å². The zero-order valence-electron chi connectivity index (χ0n) is 11.5. The van der Waals surface area contributed by atoms with Gasteiger partial charge < -0.3 is 9.63 Å². The van der Waals surface area contributed by atoms with E-state index in [-0.39, 0.29) is 6.61 Å². The number of nitrogens with zero attached hydrogens (tertiary/aromatic N) is 1. The Bertz CT molecular complexity index is 877. The summed E-state index contributed by atoms with van der Waals surface area (Å²) in [5.74, 6) is 0.362. The van der Waals surface area contributed by atoms with Crippen LogP contribution in [0.15, 0.2) is 40.9 Å². The lowest BCUT2D eigenvalue weighted by Crippen LogP contribution is -1.90. The maximum absolute atomic E-state index is 9.76. The van der Waals surface area contributed by atoms with Crippen molar-refractivity contribution in [3.63, 3.8) is 0 Å². The van der Waals surface area contributed by atoms with Crippen molar-refractivity contribution in [1.29, 1.82) is 0 Å². The standard InChI is InChI=1S/C16H9Cl4NO2/c17-9-2-4-12(18)10(6-9)16-11(7-22)15(21-23-16)8-1-3-13(19)14(20)5-8/h1-6,22H,7H2. The van der Waals surface area contributed by atoms with Crippen molar-refractivity contribution in [3.8, 4) is 22.6 Å². The molecule has 1 aromatic heterocycles. The average molecular weight is 389 g/mol. The third-order valence-corrected chi connectivity index (χ3v) is 4.62. The quantitative estimate of drug-likeness (QED) is 0.588. The molecule has 0 bridgehead atoms. The number of hydrogen-bond acceptors (Lipinski definition) is 3. The highest BCUT2D eigenvalue weighted by molar-refractivity contribution is 6.42. The third-order valence-electron chi connectivity index (χ3n) is 3.31. The van der Waals surface area contributed by atoms with E-state index in [4.69, 9.17) is 50.9 Å². The molecule has 0 aliphatic heterocycles. The van der Waals surface area contributed by atoms with Gasteiger partial charge in [-0.25, -0.2) is 0 Å². The number of aliphatic hydroxyl groups excluding tert-OH is 1. The van der Waals surface area contributed by atoms with Crippen molar-refractivity contribution in [3.05, 3.63) is 62.1 Å². The molecule has 0 atom stereocenters. The van der Waals surface area contributed by atoms with Crippen LogP contribution in [-0.2, 0) is 6.61 Å². The summed E-state index contributed by atoms with van der Waals surface area (Å²) in [4.78, 5) is 0. The predicted molar refractivity (Wildman–Crippen MR) is 93.3 cm³/mol. The largest absolute Gasteiger partial charge is 0.391 e. The molecule has 0 aliphatic carbocycles. The molecule has 0 radical (unpaired) electrons. The highest BCUT2D eigenvalue weighted by Crippen LogP contribution is 2.38. The monoisotopic (exact) mass is 387 g/mol. The zero-order chi connectivity index (χ0) is 16.6. The molecule has 0 spiro atoms. The van der Waals surface area contributed by atoms with Gasteiger partial charge in [-0.15, -0.1) is 0 Å². The van der Waals surface area contributed by atoms with E-state index in [0.717, 1.165) is 0 Å². The Balaban J connectivity index is 2.17. The molecule has 3 rings (SSSR count). The van der Waals surface area contributed by atoms with Crippen molar-refractivity contribution in [2.24, 2.45) is 0 Å². The van der Waals surface area contributed by atoms with E-state index in [1.54, 1.807) is 36.4 Å². The van der Waals surface area contributed by atoms with E-state index in [1.165, 1.54) is 0 Å². The van der Waals surface area contributed by atoms with Crippen LogP contribution in [0.1, 0.15) is 5.56 Å². The van der Waals surface area contributed by atoms with Crippen molar-refractivity contribution >= 4 is 46.4 Å². The first-order chi connectivity index (χ1) is 11.0. The number of aliphatic hydroxyl groups is 1. The fraction of sp³-hybridized carbons (Fsp3) is 0.0625. The van der Waals surface area contributed by atoms with E-state index >= 15 is 0 Å². The van der Waals surface area contributed by atoms with Gasteiger partial charge in [-0.3, -0.25) is 0 Å². The van der Waals surface area contributed by atoms with Crippen LogP contribution < -0.4 is 0 Å². The number of halogens is 4. The highest BCUT2D eigenvalue weighted by Gasteiger charge is 2.21. The maximum atomic E-state index is 9.76. The number of hydrogen-bond donors (Lipinski definition) is 1. The molecule has 1 heterocycles. The minimum Gasteiger partial charge on any atom is -0.391 e. The van der Waals surface area contributed by atoms with Crippen molar-refractivity contribution in [2.75, 3.05) is 0 Å². The van der Waals surface area contributed by atoms with Crippen LogP contribution in [0.25, 0.3) is 22.6 Å². The predicted octanol–water partition coefficient (Wildman–Crippen LogP) is 6.11. The second kappa shape index (κ2) is 6.71. The first kappa shape index (κ1) is 16.6. The van der Waals surface area contributed by atoms with Gasteiger partial charge >= 0.3 is 0 Å². The lowest BCUT2D eigenvalue weighted by atomic mass is 10.0. The van der Waals surface area contributed by atoms with E-state index < -0.39 is 0 Å². The summed E-state index contributed by atoms with van der Waals surface area (Å²) >= 11 is 24.2. The number of benzene rings is 2. The molecule has 2 aromatic carbocycles. The Labute approximate surface area is 152 Å². The molecule has 0 saturated carbocycles. The smallest absolute Gasteiger partial charge is 0.174 e. The van der Waals surface area contributed by atoms with Gasteiger partial charge in [0.05, 0.1) is 27.2 Å². The van der Waals surface area contributed by atoms with Gasteiger partial charge in [0, 0.05) is 16.1 Å². The minimum absolute atomic E-state index is 0.281. The van der Waals surface area contributed by atoms with Crippen LogP contribution in [0.2, 0.25) is 20.1 Å². The molecule has 0 aliphatic rings. The van der Waals surface area contributed by atoms with E-state index in [1.807, 2.05) is 0 Å². The molecule has 3 aromatic rings. The molecule has 0 saturated heterocycles. The normalized spacial score (nSPS) is 11.0. The topological polar surface area (TPSA) is 46.3 Å². The molecular formula is C16H9Cl4NO2. The lowest BCUT2D eigenvalue weighted by Gasteiger charge is -2.04. The van der Waals surface area contributed by atoms with Gasteiger partial charge in [-0.1, -0.05) is 57.6 Å². The van der Waals surface area contributed by atoms with E-state index in [9.17, 15) is 5.11 Å². The summed E-state index contributed by atoms with van der Waals surface area (Å²) in [6.45, 7) is -0.281. The fourth-order valence-corrected chi connectivity index (χ4v) is 2.88. The van der Waals surface area contributed by atoms with Crippen LogP contribution in [0.5, 0.6) is 0 Å². The molecule has 3 nitrogen and oxygen atoms in total. The van der Waals surface area contributed by atoms with Crippen molar-refractivity contribution < 1.29 is 9.63 Å².